The minimum absolute atomic E-state index is 0.106. The van der Waals surface area contributed by atoms with E-state index in [1.165, 1.54) is 6.33 Å². The Morgan fingerprint density at radius 1 is 1.22 bits per heavy atom. The number of benzene rings is 1. The fraction of sp³-hybridized carbons (Fsp3) is 0.550. The topological polar surface area (TPSA) is 146 Å². The second kappa shape index (κ2) is 10.2. The summed E-state index contributed by atoms with van der Waals surface area (Å²) in [6, 6.07) is 3.72. The first kappa shape index (κ1) is 23.8. The van der Waals surface area contributed by atoms with E-state index in [1.54, 1.807) is 14.2 Å². The van der Waals surface area contributed by atoms with Crippen molar-refractivity contribution in [2.75, 3.05) is 38.8 Å². The fourth-order valence-corrected chi connectivity index (χ4v) is 4.89. The van der Waals surface area contributed by atoms with Gasteiger partial charge in [-0.1, -0.05) is 13.3 Å². The molecule has 32 heavy (non-hydrogen) atoms. The third kappa shape index (κ3) is 5.49. The number of hydrogen-bond donors (Lipinski definition) is 2. The molecule has 3 N–H and O–H groups in total. The summed E-state index contributed by atoms with van der Waals surface area (Å²) < 4.78 is 40.7. The van der Waals surface area contributed by atoms with Gasteiger partial charge < -0.3 is 24.3 Å². The van der Waals surface area contributed by atoms with Crippen LogP contribution in [0.4, 0.5) is 10.6 Å². The first-order chi connectivity index (χ1) is 15.3. The number of fused-ring (bicyclic) bond motifs is 1. The number of amides is 1. The summed E-state index contributed by atoms with van der Waals surface area (Å²) in [5.74, 6) is 2.47. The van der Waals surface area contributed by atoms with Gasteiger partial charge in [0.2, 0.25) is 0 Å². The van der Waals surface area contributed by atoms with E-state index >= 15 is 0 Å². The molecule has 0 saturated carbocycles. The van der Waals surface area contributed by atoms with Crippen LogP contribution < -0.4 is 24.8 Å². The van der Waals surface area contributed by atoms with Crippen molar-refractivity contribution in [3.63, 3.8) is 0 Å². The summed E-state index contributed by atoms with van der Waals surface area (Å²) in [7, 11) is -1.02. The molecule has 1 atom stereocenters. The normalized spacial score (nSPS) is 16.0. The first-order valence-electron chi connectivity index (χ1n) is 10.4. The van der Waals surface area contributed by atoms with Crippen LogP contribution in [-0.2, 0) is 14.5 Å². The number of ether oxygens (including phenoxy) is 2. The van der Waals surface area contributed by atoms with Gasteiger partial charge in [0, 0.05) is 31.1 Å². The maximum Gasteiger partial charge on any atom is 0.421 e. The minimum Gasteiger partial charge on any atom is -0.493 e. The number of nitrogens with one attached hydrogen (secondary N) is 1. The van der Waals surface area contributed by atoms with Gasteiger partial charge in [0.1, 0.15) is 12.1 Å². The van der Waals surface area contributed by atoms with Crippen LogP contribution in [-0.4, -0.2) is 58.3 Å². The highest BCUT2D eigenvalue weighted by atomic mass is 32.2. The zero-order chi connectivity index (χ0) is 23.3. The van der Waals surface area contributed by atoms with Crippen LogP contribution in [0.1, 0.15) is 26.2 Å². The van der Waals surface area contributed by atoms with Crippen LogP contribution in [0.25, 0.3) is 10.9 Å². The third-order valence-corrected chi connectivity index (χ3v) is 6.77. The summed E-state index contributed by atoms with van der Waals surface area (Å²) in [5.41, 5.74) is 5.56. The van der Waals surface area contributed by atoms with E-state index in [0.29, 0.717) is 17.4 Å². The van der Waals surface area contributed by atoms with Gasteiger partial charge in [0.25, 0.3) is 0 Å². The van der Waals surface area contributed by atoms with Crippen LogP contribution in [0.5, 0.6) is 11.5 Å². The first-order valence-corrected chi connectivity index (χ1v) is 11.8. The highest BCUT2D eigenvalue weighted by Gasteiger charge is 2.28. The minimum atomic E-state index is -4.19. The average molecular weight is 468 g/mol. The number of primary amides is 1. The molecule has 176 valence electrons. The van der Waals surface area contributed by atoms with Crippen LogP contribution >= 0.6 is 0 Å². The molecule has 12 heteroatoms. The maximum absolute atomic E-state index is 11.7. The molecule has 2 aromatic rings. The van der Waals surface area contributed by atoms with Crippen molar-refractivity contribution in [2.24, 2.45) is 17.6 Å². The van der Waals surface area contributed by atoms with Crippen LogP contribution in [0.2, 0.25) is 0 Å². The van der Waals surface area contributed by atoms with Crippen LogP contribution in [0.3, 0.4) is 0 Å². The van der Waals surface area contributed by atoms with E-state index in [4.69, 9.17) is 15.2 Å². The SMILES string of the molecule is CCC(CNS(=O)(=O)OC(N)=O)C1CCN(c2ncnc3cc(OC)c(OC)cc23)CC1. The molecule has 1 aromatic heterocycles. The van der Waals surface area contributed by atoms with Gasteiger partial charge in [-0.2, -0.15) is 13.1 Å². The molecule has 0 radical (unpaired) electrons. The lowest BCUT2D eigenvalue weighted by Crippen LogP contribution is -2.40. The van der Waals surface area contributed by atoms with E-state index in [-0.39, 0.29) is 12.5 Å². The number of nitrogens with zero attached hydrogens (tertiary/aromatic N) is 3. The molecule has 1 aliphatic heterocycles. The predicted octanol–water partition coefficient (Wildman–Crippen LogP) is 1.82. The van der Waals surface area contributed by atoms with Crippen molar-refractivity contribution in [3.05, 3.63) is 18.5 Å². The second-order valence-corrected chi connectivity index (χ2v) is 8.98. The molecule has 1 aliphatic rings. The van der Waals surface area contributed by atoms with Gasteiger partial charge in [-0.25, -0.2) is 14.8 Å². The molecule has 0 aliphatic carbocycles. The number of anilines is 1. The van der Waals surface area contributed by atoms with Crippen LogP contribution in [0, 0.1) is 11.8 Å². The van der Waals surface area contributed by atoms with Gasteiger partial charge >= 0.3 is 16.4 Å². The number of nitrogens with two attached hydrogens (primary N) is 1. The summed E-state index contributed by atoms with van der Waals surface area (Å²) in [5, 5.41) is 0.881. The van der Waals surface area contributed by atoms with Crippen molar-refractivity contribution in [1.82, 2.24) is 14.7 Å². The Hall–Kier alpha value is -2.86. The van der Waals surface area contributed by atoms with E-state index in [9.17, 15) is 13.2 Å². The van der Waals surface area contributed by atoms with Gasteiger partial charge in [-0.15, -0.1) is 0 Å². The second-order valence-electron chi connectivity index (χ2n) is 7.62. The Labute approximate surface area is 187 Å². The van der Waals surface area contributed by atoms with Crippen molar-refractivity contribution in [3.8, 4) is 11.5 Å². The Bertz CT molecular complexity index is 1060. The molecular formula is C20H29N5O6S. The largest absolute Gasteiger partial charge is 0.493 e. The highest BCUT2D eigenvalue weighted by molar-refractivity contribution is 7.85. The zero-order valence-corrected chi connectivity index (χ0v) is 19.2. The molecule has 11 nitrogen and oxygen atoms in total. The number of hydrogen-bond acceptors (Lipinski definition) is 9. The number of aromatic nitrogens is 2. The summed E-state index contributed by atoms with van der Waals surface area (Å²) in [6.45, 7) is 3.74. The molecule has 1 saturated heterocycles. The number of carbonyl (C=O) groups is 1. The Morgan fingerprint density at radius 3 is 2.47 bits per heavy atom. The van der Waals surface area contributed by atoms with Crippen molar-refractivity contribution < 1.29 is 26.9 Å². The summed E-state index contributed by atoms with van der Waals surface area (Å²) in [4.78, 5) is 21.8. The predicted molar refractivity (Wildman–Crippen MR) is 119 cm³/mol. The van der Waals surface area contributed by atoms with Gasteiger partial charge in [-0.05, 0) is 30.7 Å². The van der Waals surface area contributed by atoms with E-state index in [2.05, 4.69) is 23.8 Å². The number of methoxy groups -OCH3 is 2. The molecule has 0 spiro atoms. The number of carbonyl (C=O) groups excluding carboxylic acids is 1. The molecule has 3 rings (SSSR count). The highest BCUT2D eigenvalue weighted by Crippen LogP contribution is 2.36. The van der Waals surface area contributed by atoms with Crippen LogP contribution in [0.15, 0.2) is 18.5 Å². The van der Waals surface area contributed by atoms with Gasteiger partial charge in [-0.3, -0.25) is 0 Å². The lowest BCUT2D eigenvalue weighted by atomic mass is 9.83. The monoisotopic (exact) mass is 467 g/mol. The molecule has 1 aromatic carbocycles. The summed E-state index contributed by atoms with van der Waals surface area (Å²) >= 11 is 0. The molecular weight excluding hydrogens is 438 g/mol. The average Bonchev–Trinajstić information content (AvgIpc) is 2.77. The van der Waals surface area contributed by atoms with E-state index < -0.39 is 16.4 Å². The Balaban J connectivity index is 1.70. The molecule has 1 fully saturated rings. The Kier molecular flexibility index (Phi) is 7.56. The lowest BCUT2D eigenvalue weighted by molar-refractivity contribution is 0.210. The molecule has 2 heterocycles. The van der Waals surface area contributed by atoms with E-state index in [1.807, 2.05) is 19.1 Å². The Morgan fingerprint density at radius 2 is 1.88 bits per heavy atom. The van der Waals surface area contributed by atoms with Gasteiger partial charge in [0.15, 0.2) is 11.5 Å². The third-order valence-electron chi connectivity index (χ3n) is 5.86. The standard InChI is InChI=1S/C20H29N5O6S/c1-4-13(11-24-32(27,28)31-20(21)26)14-5-7-25(8-6-14)19-15-9-17(29-2)18(30-3)10-16(15)22-12-23-19/h9-10,12-14,24H,4-8,11H2,1-3H3,(H2,21,26). The van der Waals surface area contributed by atoms with E-state index in [0.717, 1.165) is 49.1 Å². The van der Waals surface area contributed by atoms with Crippen molar-refractivity contribution >= 4 is 33.1 Å². The molecule has 0 bridgehead atoms. The number of rotatable bonds is 9. The van der Waals surface area contributed by atoms with Crippen molar-refractivity contribution in [2.45, 2.75) is 26.2 Å². The summed E-state index contributed by atoms with van der Waals surface area (Å²) in [6.07, 6.45) is 2.71. The maximum atomic E-state index is 11.7. The smallest absolute Gasteiger partial charge is 0.421 e. The molecule has 1 unspecified atom stereocenters. The zero-order valence-electron chi connectivity index (χ0n) is 18.4. The lowest BCUT2D eigenvalue weighted by Gasteiger charge is -2.36. The molecule has 1 amide bonds. The fourth-order valence-electron chi connectivity index (χ4n) is 4.20. The van der Waals surface area contributed by atoms with Crippen molar-refractivity contribution in [1.29, 1.82) is 0 Å². The van der Waals surface area contributed by atoms with Gasteiger partial charge in [0.05, 0.1) is 19.7 Å². The number of piperidine rings is 1. The quantitative estimate of drug-likeness (QED) is 0.564.